The first-order chi connectivity index (χ1) is 9.33. The Morgan fingerprint density at radius 3 is 2.74 bits per heavy atom. The van der Waals surface area contributed by atoms with Gasteiger partial charge in [0.05, 0.1) is 19.3 Å². The smallest absolute Gasteiger partial charge is 0.136 e. The molecule has 1 fully saturated rings. The van der Waals surface area contributed by atoms with Crippen molar-refractivity contribution in [1.82, 2.24) is 0 Å². The molecule has 0 unspecified atom stereocenters. The van der Waals surface area contributed by atoms with E-state index in [1.807, 2.05) is 18.2 Å². The molecule has 0 aromatic heterocycles. The van der Waals surface area contributed by atoms with Crippen molar-refractivity contribution >= 4 is 0 Å². The van der Waals surface area contributed by atoms with Crippen LogP contribution in [0.1, 0.15) is 43.2 Å². The molecule has 1 saturated carbocycles. The van der Waals surface area contributed by atoms with E-state index >= 15 is 0 Å². The molecular formula is C16H21NO2. The van der Waals surface area contributed by atoms with Crippen molar-refractivity contribution in [2.45, 2.75) is 38.7 Å². The fraction of sp³-hybridized carbons (Fsp3) is 0.562. The number of nitrogens with zero attached hydrogens (tertiary/aromatic N) is 1. The van der Waals surface area contributed by atoms with E-state index in [-0.39, 0.29) is 0 Å². The second-order valence-corrected chi connectivity index (χ2v) is 5.17. The molecule has 0 bridgehead atoms. The molecule has 0 N–H and O–H groups in total. The van der Waals surface area contributed by atoms with Gasteiger partial charge in [-0.2, -0.15) is 5.26 Å². The molecule has 2 rings (SSSR count). The maximum absolute atomic E-state index is 9.03. The van der Waals surface area contributed by atoms with E-state index in [9.17, 15) is 0 Å². The SMILES string of the molecule is COc1ccc(COCC2CCCCC2)cc1C#N. The fourth-order valence-corrected chi connectivity index (χ4v) is 2.63. The number of methoxy groups -OCH3 is 1. The molecule has 0 amide bonds. The Hall–Kier alpha value is -1.53. The molecular weight excluding hydrogens is 238 g/mol. The minimum Gasteiger partial charge on any atom is -0.495 e. The summed E-state index contributed by atoms with van der Waals surface area (Å²) in [6.07, 6.45) is 6.66. The molecule has 1 aromatic carbocycles. The van der Waals surface area contributed by atoms with Crippen LogP contribution >= 0.6 is 0 Å². The van der Waals surface area contributed by atoms with Gasteiger partial charge in [-0.25, -0.2) is 0 Å². The molecule has 0 radical (unpaired) electrons. The quantitative estimate of drug-likeness (QED) is 0.810. The number of nitriles is 1. The van der Waals surface area contributed by atoms with Crippen LogP contribution in [0.15, 0.2) is 18.2 Å². The van der Waals surface area contributed by atoms with Crippen LogP contribution in [0, 0.1) is 17.2 Å². The van der Waals surface area contributed by atoms with Crippen molar-refractivity contribution in [2.75, 3.05) is 13.7 Å². The van der Waals surface area contributed by atoms with Gasteiger partial charge in [0.15, 0.2) is 0 Å². The van der Waals surface area contributed by atoms with Crippen molar-refractivity contribution < 1.29 is 9.47 Å². The normalized spacial score (nSPS) is 16.0. The third kappa shape index (κ3) is 3.97. The van der Waals surface area contributed by atoms with Crippen LogP contribution < -0.4 is 4.74 Å². The van der Waals surface area contributed by atoms with E-state index < -0.39 is 0 Å². The van der Waals surface area contributed by atoms with Gasteiger partial charge in [-0.1, -0.05) is 25.3 Å². The molecule has 0 spiro atoms. The van der Waals surface area contributed by atoms with E-state index in [4.69, 9.17) is 14.7 Å². The van der Waals surface area contributed by atoms with Crippen molar-refractivity contribution in [1.29, 1.82) is 5.26 Å². The summed E-state index contributed by atoms with van der Waals surface area (Å²) in [5, 5.41) is 9.03. The number of hydrogen-bond donors (Lipinski definition) is 0. The van der Waals surface area contributed by atoms with Gasteiger partial charge in [0.1, 0.15) is 11.8 Å². The Morgan fingerprint density at radius 1 is 1.26 bits per heavy atom. The topological polar surface area (TPSA) is 42.2 Å². The predicted molar refractivity (Wildman–Crippen MR) is 73.9 cm³/mol. The molecule has 1 aromatic rings. The summed E-state index contributed by atoms with van der Waals surface area (Å²) in [7, 11) is 1.58. The van der Waals surface area contributed by atoms with Crippen LogP contribution in [-0.4, -0.2) is 13.7 Å². The number of ether oxygens (including phenoxy) is 2. The summed E-state index contributed by atoms with van der Waals surface area (Å²) in [6.45, 7) is 1.42. The summed E-state index contributed by atoms with van der Waals surface area (Å²) in [5.41, 5.74) is 1.61. The van der Waals surface area contributed by atoms with E-state index in [1.54, 1.807) is 7.11 Å². The zero-order valence-electron chi connectivity index (χ0n) is 11.5. The summed E-state index contributed by atoms with van der Waals surface area (Å²) in [5.74, 6) is 1.35. The van der Waals surface area contributed by atoms with Gasteiger partial charge < -0.3 is 9.47 Å². The van der Waals surface area contributed by atoms with Gasteiger partial charge in [-0.05, 0) is 36.5 Å². The zero-order valence-corrected chi connectivity index (χ0v) is 11.5. The second kappa shape index (κ2) is 7.16. The summed E-state index contributed by atoms with van der Waals surface area (Å²) < 4.78 is 10.9. The number of hydrogen-bond acceptors (Lipinski definition) is 3. The van der Waals surface area contributed by atoms with E-state index in [2.05, 4.69) is 6.07 Å². The highest BCUT2D eigenvalue weighted by molar-refractivity contribution is 5.45. The lowest BCUT2D eigenvalue weighted by molar-refractivity contribution is 0.0739. The van der Waals surface area contributed by atoms with Crippen molar-refractivity contribution in [3.8, 4) is 11.8 Å². The first-order valence-electron chi connectivity index (χ1n) is 6.98. The molecule has 3 heteroatoms. The number of rotatable bonds is 5. The summed E-state index contributed by atoms with van der Waals surface area (Å²) in [4.78, 5) is 0. The van der Waals surface area contributed by atoms with Gasteiger partial charge in [0.25, 0.3) is 0 Å². The average Bonchev–Trinajstić information content (AvgIpc) is 2.48. The Morgan fingerprint density at radius 2 is 2.05 bits per heavy atom. The maximum atomic E-state index is 9.03. The number of benzene rings is 1. The Bertz CT molecular complexity index is 445. The molecule has 3 nitrogen and oxygen atoms in total. The zero-order chi connectivity index (χ0) is 13.5. The maximum Gasteiger partial charge on any atom is 0.136 e. The van der Waals surface area contributed by atoms with Gasteiger partial charge in [0, 0.05) is 6.61 Å². The molecule has 0 aliphatic heterocycles. The first kappa shape index (κ1) is 13.9. The van der Waals surface area contributed by atoms with Gasteiger partial charge >= 0.3 is 0 Å². The highest BCUT2D eigenvalue weighted by atomic mass is 16.5. The van der Waals surface area contributed by atoms with E-state index in [1.165, 1.54) is 32.1 Å². The van der Waals surface area contributed by atoms with Gasteiger partial charge in [-0.15, -0.1) is 0 Å². The molecule has 19 heavy (non-hydrogen) atoms. The van der Waals surface area contributed by atoms with E-state index in [0.29, 0.717) is 17.9 Å². The third-order valence-electron chi connectivity index (χ3n) is 3.73. The largest absolute Gasteiger partial charge is 0.495 e. The van der Waals surface area contributed by atoms with Gasteiger partial charge in [0.2, 0.25) is 0 Å². The lowest BCUT2D eigenvalue weighted by atomic mass is 9.90. The average molecular weight is 259 g/mol. The predicted octanol–water partition coefficient (Wildman–Crippen LogP) is 3.66. The summed E-state index contributed by atoms with van der Waals surface area (Å²) in [6, 6.07) is 7.78. The Balaban J connectivity index is 1.84. The van der Waals surface area contributed by atoms with Crippen LogP contribution in [-0.2, 0) is 11.3 Å². The molecule has 1 aliphatic rings. The van der Waals surface area contributed by atoms with Crippen LogP contribution in [0.25, 0.3) is 0 Å². The third-order valence-corrected chi connectivity index (χ3v) is 3.73. The summed E-state index contributed by atoms with van der Waals surface area (Å²) >= 11 is 0. The first-order valence-corrected chi connectivity index (χ1v) is 6.98. The van der Waals surface area contributed by atoms with Crippen LogP contribution in [0.5, 0.6) is 5.75 Å². The monoisotopic (exact) mass is 259 g/mol. The second-order valence-electron chi connectivity index (χ2n) is 5.17. The highest BCUT2D eigenvalue weighted by Gasteiger charge is 2.13. The molecule has 0 saturated heterocycles. The van der Waals surface area contributed by atoms with Crippen molar-refractivity contribution in [2.24, 2.45) is 5.92 Å². The fourth-order valence-electron chi connectivity index (χ4n) is 2.63. The van der Waals surface area contributed by atoms with Gasteiger partial charge in [-0.3, -0.25) is 0 Å². The lowest BCUT2D eigenvalue weighted by Gasteiger charge is -2.21. The van der Waals surface area contributed by atoms with Crippen LogP contribution in [0.4, 0.5) is 0 Å². The molecule has 0 heterocycles. The highest BCUT2D eigenvalue weighted by Crippen LogP contribution is 2.24. The Kier molecular flexibility index (Phi) is 5.23. The molecule has 102 valence electrons. The molecule has 0 atom stereocenters. The van der Waals surface area contributed by atoms with Crippen LogP contribution in [0.3, 0.4) is 0 Å². The molecule has 1 aliphatic carbocycles. The lowest BCUT2D eigenvalue weighted by Crippen LogP contribution is -2.13. The van der Waals surface area contributed by atoms with Crippen LogP contribution in [0.2, 0.25) is 0 Å². The van der Waals surface area contributed by atoms with E-state index in [0.717, 1.165) is 18.1 Å². The standard InChI is InChI=1S/C16H21NO2/c1-18-16-8-7-14(9-15(16)10-17)12-19-11-13-5-3-2-4-6-13/h7-9,13H,2-6,11-12H2,1H3. The Labute approximate surface area is 115 Å². The minimum atomic E-state index is 0.571. The minimum absolute atomic E-state index is 0.571. The van der Waals surface area contributed by atoms with Crippen molar-refractivity contribution in [3.63, 3.8) is 0 Å². The van der Waals surface area contributed by atoms with Crippen molar-refractivity contribution in [3.05, 3.63) is 29.3 Å².